The second-order valence-electron chi connectivity index (χ2n) is 5.11. The van der Waals surface area contributed by atoms with Gasteiger partial charge in [-0.3, -0.25) is 4.99 Å². The second kappa shape index (κ2) is 12.9. The molecule has 0 spiro atoms. The Morgan fingerprint density at radius 1 is 1.33 bits per heavy atom. The molecule has 122 valence electrons. The summed E-state index contributed by atoms with van der Waals surface area (Å²) in [5.74, 6) is 2.40. The lowest BCUT2D eigenvalue weighted by atomic mass is 10.2. The summed E-state index contributed by atoms with van der Waals surface area (Å²) in [6.45, 7) is 7.57. The Labute approximate surface area is 144 Å². The number of aliphatic imine (C=N–C) groups is 1. The minimum atomic E-state index is 0. The standard InChI is InChI=1S/C15H27N3O2.HI/c1-13(2)12-18-15(16-8-5-10-19-3)17-9-7-14-6-4-11-20-14;/h4,6,11,13H,5,7-10,12H2,1-3H3,(H2,16,17,18);1H. The molecule has 0 radical (unpaired) electrons. The highest BCUT2D eigenvalue weighted by molar-refractivity contribution is 14.0. The summed E-state index contributed by atoms with van der Waals surface area (Å²) in [5.41, 5.74) is 0. The molecule has 0 aliphatic rings. The molecular weight excluding hydrogens is 381 g/mol. The molecule has 5 nitrogen and oxygen atoms in total. The Morgan fingerprint density at radius 3 is 2.71 bits per heavy atom. The van der Waals surface area contributed by atoms with Crippen LogP contribution in [0.1, 0.15) is 26.0 Å². The number of rotatable bonds is 9. The maximum Gasteiger partial charge on any atom is 0.191 e. The van der Waals surface area contributed by atoms with E-state index in [2.05, 4.69) is 29.5 Å². The van der Waals surface area contributed by atoms with Crippen LogP contribution in [-0.2, 0) is 11.2 Å². The van der Waals surface area contributed by atoms with Crippen LogP contribution in [0.2, 0.25) is 0 Å². The van der Waals surface area contributed by atoms with Crippen molar-refractivity contribution in [3.8, 4) is 0 Å². The van der Waals surface area contributed by atoms with E-state index in [1.807, 2.05) is 12.1 Å². The summed E-state index contributed by atoms with van der Waals surface area (Å²) < 4.78 is 10.3. The Hall–Kier alpha value is -0.760. The van der Waals surface area contributed by atoms with Gasteiger partial charge in [-0.05, 0) is 24.5 Å². The van der Waals surface area contributed by atoms with Crippen LogP contribution in [0.25, 0.3) is 0 Å². The molecule has 6 heteroatoms. The van der Waals surface area contributed by atoms with Gasteiger partial charge in [0.1, 0.15) is 5.76 Å². The number of furan rings is 1. The Bertz CT molecular complexity index is 367. The van der Waals surface area contributed by atoms with Gasteiger partial charge < -0.3 is 19.8 Å². The van der Waals surface area contributed by atoms with E-state index in [9.17, 15) is 0 Å². The van der Waals surface area contributed by atoms with Gasteiger partial charge in [0.15, 0.2) is 5.96 Å². The summed E-state index contributed by atoms with van der Waals surface area (Å²) in [6, 6.07) is 3.89. The third kappa shape index (κ3) is 10.6. The molecule has 0 unspecified atom stereocenters. The molecule has 2 N–H and O–H groups in total. The molecule has 1 rings (SSSR count). The highest BCUT2D eigenvalue weighted by Gasteiger charge is 2.01. The first-order valence-electron chi connectivity index (χ1n) is 7.26. The van der Waals surface area contributed by atoms with Crippen LogP contribution in [0.3, 0.4) is 0 Å². The maximum absolute atomic E-state index is 5.31. The zero-order valence-electron chi connectivity index (χ0n) is 13.2. The predicted molar refractivity (Wildman–Crippen MR) is 97.5 cm³/mol. The van der Waals surface area contributed by atoms with E-state index >= 15 is 0 Å². The van der Waals surface area contributed by atoms with E-state index in [1.54, 1.807) is 13.4 Å². The predicted octanol–water partition coefficient (Wildman–Crippen LogP) is 2.67. The Balaban J connectivity index is 0.00000400. The van der Waals surface area contributed by atoms with Crippen molar-refractivity contribution in [2.45, 2.75) is 26.7 Å². The third-order valence-electron chi connectivity index (χ3n) is 2.68. The van der Waals surface area contributed by atoms with Crippen molar-refractivity contribution >= 4 is 29.9 Å². The molecule has 0 saturated carbocycles. The molecule has 21 heavy (non-hydrogen) atoms. The first-order chi connectivity index (χ1) is 9.72. The largest absolute Gasteiger partial charge is 0.469 e. The molecule has 0 saturated heterocycles. The van der Waals surface area contributed by atoms with Crippen molar-refractivity contribution in [3.63, 3.8) is 0 Å². The van der Waals surface area contributed by atoms with Gasteiger partial charge in [0.25, 0.3) is 0 Å². The summed E-state index contributed by atoms with van der Waals surface area (Å²) in [7, 11) is 1.72. The molecule has 0 bridgehead atoms. The van der Waals surface area contributed by atoms with E-state index in [-0.39, 0.29) is 24.0 Å². The number of halogens is 1. The number of hydrogen-bond acceptors (Lipinski definition) is 3. The molecule has 1 aromatic heterocycles. The van der Waals surface area contributed by atoms with Crippen molar-refractivity contribution in [1.82, 2.24) is 10.6 Å². The van der Waals surface area contributed by atoms with Gasteiger partial charge in [-0.25, -0.2) is 0 Å². The zero-order valence-corrected chi connectivity index (χ0v) is 15.6. The number of ether oxygens (including phenoxy) is 1. The van der Waals surface area contributed by atoms with Gasteiger partial charge in [-0.2, -0.15) is 0 Å². The van der Waals surface area contributed by atoms with E-state index in [0.29, 0.717) is 5.92 Å². The summed E-state index contributed by atoms with van der Waals surface area (Å²) in [5, 5.41) is 6.65. The summed E-state index contributed by atoms with van der Waals surface area (Å²) >= 11 is 0. The first-order valence-corrected chi connectivity index (χ1v) is 7.26. The van der Waals surface area contributed by atoms with Crippen molar-refractivity contribution in [2.75, 3.05) is 33.4 Å². The number of hydrogen-bond donors (Lipinski definition) is 2. The molecule has 0 aliphatic carbocycles. The van der Waals surface area contributed by atoms with E-state index in [1.165, 1.54) is 0 Å². The smallest absolute Gasteiger partial charge is 0.191 e. The molecule has 0 fully saturated rings. The number of methoxy groups -OCH3 is 1. The van der Waals surface area contributed by atoms with Crippen molar-refractivity contribution in [3.05, 3.63) is 24.2 Å². The number of nitrogens with one attached hydrogen (secondary N) is 2. The van der Waals surface area contributed by atoms with Crippen LogP contribution >= 0.6 is 24.0 Å². The molecular formula is C15H28IN3O2. The van der Waals surface area contributed by atoms with Crippen molar-refractivity contribution < 1.29 is 9.15 Å². The fourth-order valence-corrected chi connectivity index (χ4v) is 1.63. The monoisotopic (exact) mass is 409 g/mol. The lowest BCUT2D eigenvalue weighted by Crippen LogP contribution is -2.39. The van der Waals surface area contributed by atoms with Crippen LogP contribution in [-0.4, -0.2) is 39.3 Å². The Morgan fingerprint density at radius 2 is 2.10 bits per heavy atom. The fraction of sp³-hybridized carbons (Fsp3) is 0.667. The molecule has 1 heterocycles. The van der Waals surface area contributed by atoms with E-state index < -0.39 is 0 Å². The van der Waals surface area contributed by atoms with Crippen LogP contribution < -0.4 is 10.6 Å². The topological polar surface area (TPSA) is 58.8 Å². The van der Waals surface area contributed by atoms with Gasteiger partial charge >= 0.3 is 0 Å². The molecule has 0 atom stereocenters. The highest BCUT2D eigenvalue weighted by Crippen LogP contribution is 1.99. The van der Waals surface area contributed by atoms with Crippen molar-refractivity contribution in [2.24, 2.45) is 10.9 Å². The number of nitrogens with zero attached hydrogens (tertiary/aromatic N) is 1. The third-order valence-corrected chi connectivity index (χ3v) is 2.68. The summed E-state index contributed by atoms with van der Waals surface area (Å²) in [4.78, 5) is 4.56. The maximum atomic E-state index is 5.31. The lowest BCUT2D eigenvalue weighted by Gasteiger charge is -2.12. The van der Waals surface area contributed by atoms with Gasteiger partial charge in [0.2, 0.25) is 0 Å². The fourth-order valence-electron chi connectivity index (χ4n) is 1.63. The van der Waals surface area contributed by atoms with Gasteiger partial charge in [-0.1, -0.05) is 13.8 Å². The van der Waals surface area contributed by atoms with Crippen molar-refractivity contribution in [1.29, 1.82) is 0 Å². The normalized spacial score (nSPS) is 11.3. The van der Waals surface area contributed by atoms with Crippen LogP contribution in [0.5, 0.6) is 0 Å². The second-order valence-corrected chi connectivity index (χ2v) is 5.11. The molecule has 0 aromatic carbocycles. The average Bonchev–Trinajstić information content (AvgIpc) is 2.93. The van der Waals surface area contributed by atoms with Gasteiger partial charge in [-0.15, -0.1) is 24.0 Å². The SMILES string of the molecule is COCCCNC(=NCC(C)C)NCCc1ccco1.I. The highest BCUT2D eigenvalue weighted by atomic mass is 127. The quantitative estimate of drug-likeness (QED) is 0.285. The number of guanidine groups is 1. The van der Waals surface area contributed by atoms with E-state index in [0.717, 1.165) is 50.8 Å². The Kier molecular flexibility index (Phi) is 12.5. The average molecular weight is 409 g/mol. The zero-order chi connectivity index (χ0) is 14.6. The lowest BCUT2D eigenvalue weighted by molar-refractivity contribution is 0.195. The molecule has 0 aliphatic heterocycles. The van der Waals surface area contributed by atoms with E-state index in [4.69, 9.17) is 9.15 Å². The van der Waals surface area contributed by atoms with Crippen LogP contribution in [0.15, 0.2) is 27.8 Å². The minimum absolute atomic E-state index is 0. The summed E-state index contributed by atoms with van der Waals surface area (Å²) in [6.07, 6.45) is 3.52. The minimum Gasteiger partial charge on any atom is -0.469 e. The van der Waals surface area contributed by atoms with Crippen LogP contribution in [0, 0.1) is 5.92 Å². The molecule has 0 amide bonds. The van der Waals surface area contributed by atoms with Crippen LogP contribution in [0.4, 0.5) is 0 Å². The first kappa shape index (κ1) is 20.2. The van der Waals surface area contributed by atoms with Gasteiger partial charge in [0.05, 0.1) is 6.26 Å². The molecule has 1 aromatic rings. The van der Waals surface area contributed by atoms with Gasteiger partial charge in [0, 0.05) is 39.8 Å².